The summed E-state index contributed by atoms with van der Waals surface area (Å²) in [7, 11) is 1.70. The third kappa shape index (κ3) is 5.08. The Hall–Kier alpha value is -1.84. The van der Waals surface area contributed by atoms with Gasteiger partial charge in [0.25, 0.3) is 0 Å². The fourth-order valence-electron chi connectivity index (χ4n) is 3.20. The quantitative estimate of drug-likeness (QED) is 0.563. The topological polar surface area (TPSA) is 50.7 Å². The van der Waals surface area contributed by atoms with Gasteiger partial charge in [-0.2, -0.15) is 5.10 Å². The summed E-state index contributed by atoms with van der Waals surface area (Å²) in [4.78, 5) is 12.0. The second-order valence-electron chi connectivity index (χ2n) is 6.59. The fourth-order valence-corrected chi connectivity index (χ4v) is 3.20. The van der Waals surface area contributed by atoms with Crippen LogP contribution in [0.15, 0.2) is 17.2 Å². The number of nitrogens with one attached hydrogen (secondary N) is 1. The van der Waals surface area contributed by atoms with E-state index < -0.39 is 0 Å². The molecular weight excluding hydrogens is 300 g/mol. The molecule has 4 nitrogen and oxygen atoms in total. The van der Waals surface area contributed by atoms with Crippen LogP contribution in [-0.4, -0.2) is 18.7 Å². The number of carbonyl (C=O) groups excluding carboxylic acids is 1. The number of rotatable bonds is 8. The molecule has 0 saturated heterocycles. The summed E-state index contributed by atoms with van der Waals surface area (Å²) in [6, 6.07) is 4.23. The molecule has 2 rings (SSSR count). The van der Waals surface area contributed by atoms with Crippen LogP contribution in [0.3, 0.4) is 0 Å². The Kier molecular flexibility index (Phi) is 7.29. The van der Waals surface area contributed by atoms with E-state index in [1.54, 1.807) is 7.11 Å². The second kappa shape index (κ2) is 9.45. The lowest BCUT2D eigenvalue weighted by Crippen LogP contribution is -2.22. The average Bonchev–Trinajstić information content (AvgIpc) is 2.59. The molecule has 0 aliphatic heterocycles. The van der Waals surface area contributed by atoms with Gasteiger partial charge in [-0.05, 0) is 55.9 Å². The number of methoxy groups -OCH3 is 1. The standard InChI is InChI=1S/C20H30N2O2/c1-4-5-6-7-8-12-20(23)22-21-18-11-9-10-16-14-19(24-3)15(2)13-17(16)18/h13-14H,4-12H2,1-3H3,(H,22,23)/b21-18+. The Bertz CT molecular complexity index is 594. The van der Waals surface area contributed by atoms with Crippen molar-refractivity contribution in [3.05, 3.63) is 28.8 Å². The van der Waals surface area contributed by atoms with Crippen LogP contribution in [0.1, 0.15) is 75.0 Å². The van der Waals surface area contributed by atoms with E-state index in [1.807, 2.05) is 6.92 Å². The molecule has 1 aromatic carbocycles. The second-order valence-corrected chi connectivity index (χ2v) is 6.59. The van der Waals surface area contributed by atoms with Gasteiger partial charge in [-0.25, -0.2) is 5.43 Å². The number of hydrazone groups is 1. The Morgan fingerprint density at radius 2 is 2.00 bits per heavy atom. The first-order chi connectivity index (χ1) is 11.7. The zero-order chi connectivity index (χ0) is 17.4. The highest BCUT2D eigenvalue weighted by Gasteiger charge is 2.18. The molecule has 1 aliphatic carbocycles. The van der Waals surface area contributed by atoms with Crippen molar-refractivity contribution in [3.8, 4) is 5.75 Å². The molecule has 24 heavy (non-hydrogen) atoms. The van der Waals surface area contributed by atoms with E-state index in [4.69, 9.17) is 4.74 Å². The third-order valence-electron chi connectivity index (χ3n) is 4.61. The molecule has 0 unspecified atom stereocenters. The Balaban J connectivity index is 1.95. The number of unbranched alkanes of at least 4 members (excludes halogenated alkanes) is 4. The molecule has 4 heteroatoms. The number of ether oxygens (including phenoxy) is 1. The van der Waals surface area contributed by atoms with Gasteiger partial charge >= 0.3 is 0 Å². The molecular formula is C20H30N2O2. The van der Waals surface area contributed by atoms with E-state index in [0.29, 0.717) is 6.42 Å². The molecule has 0 bridgehead atoms. The number of nitrogens with zero attached hydrogens (tertiary/aromatic N) is 1. The molecule has 1 aliphatic rings. The summed E-state index contributed by atoms with van der Waals surface area (Å²) in [5.74, 6) is 0.947. The highest BCUT2D eigenvalue weighted by atomic mass is 16.5. The summed E-state index contributed by atoms with van der Waals surface area (Å²) in [5, 5.41) is 4.41. The lowest BCUT2D eigenvalue weighted by Gasteiger charge is -2.20. The van der Waals surface area contributed by atoms with E-state index in [2.05, 4.69) is 29.6 Å². The first-order valence-corrected chi connectivity index (χ1v) is 9.19. The molecule has 0 atom stereocenters. The van der Waals surface area contributed by atoms with Gasteiger partial charge in [0.2, 0.25) is 5.91 Å². The predicted molar refractivity (Wildman–Crippen MR) is 98.7 cm³/mol. The molecule has 0 spiro atoms. The molecule has 0 radical (unpaired) electrons. The van der Waals surface area contributed by atoms with Crippen molar-refractivity contribution < 1.29 is 9.53 Å². The van der Waals surface area contributed by atoms with Gasteiger partial charge in [-0.3, -0.25) is 4.79 Å². The van der Waals surface area contributed by atoms with E-state index >= 15 is 0 Å². The van der Waals surface area contributed by atoms with Gasteiger partial charge in [0.05, 0.1) is 12.8 Å². The van der Waals surface area contributed by atoms with Crippen LogP contribution in [0.4, 0.5) is 0 Å². The van der Waals surface area contributed by atoms with Crippen LogP contribution in [0.2, 0.25) is 0 Å². The summed E-state index contributed by atoms with van der Waals surface area (Å²) < 4.78 is 5.41. The van der Waals surface area contributed by atoms with Crippen molar-refractivity contribution >= 4 is 11.6 Å². The van der Waals surface area contributed by atoms with E-state index in [0.717, 1.165) is 54.7 Å². The van der Waals surface area contributed by atoms with Gasteiger partial charge in [-0.15, -0.1) is 0 Å². The monoisotopic (exact) mass is 330 g/mol. The molecule has 0 aromatic heterocycles. The SMILES string of the molecule is CCCCCCCC(=O)N/N=C1\CCCc2cc(OC)c(C)cc21. The third-order valence-corrected chi connectivity index (χ3v) is 4.61. The highest BCUT2D eigenvalue weighted by Crippen LogP contribution is 2.28. The minimum Gasteiger partial charge on any atom is -0.496 e. The largest absolute Gasteiger partial charge is 0.496 e. The highest BCUT2D eigenvalue weighted by molar-refractivity contribution is 6.03. The normalized spacial score (nSPS) is 15.2. The van der Waals surface area contributed by atoms with Crippen molar-refractivity contribution in [2.75, 3.05) is 7.11 Å². The zero-order valence-corrected chi connectivity index (χ0v) is 15.3. The van der Waals surface area contributed by atoms with Crippen LogP contribution >= 0.6 is 0 Å². The zero-order valence-electron chi connectivity index (χ0n) is 15.3. The molecule has 0 heterocycles. The van der Waals surface area contributed by atoms with Crippen LogP contribution in [0.25, 0.3) is 0 Å². The molecule has 0 saturated carbocycles. The number of carbonyl (C=O) groups is 1. The number of amides is 1. The van der Waals surface area contributed by atoms with Gasteiger partial charge in [0.15, 0.2) is 0 Å². The Labute approximate surface area is 145 Å². The molecule has 1 N–H and O–H groups in total. The first-order valence-electron chi connectivity index (χ1n) is 9.19. The minimum atomic E-state index is 0.0244. The van der Waals surface area contributed by atoms with Crippen LogP contribution in [0, 0.1) is 6.92 Å². The Morgan fingerprint density at radius 1 is 1.21 bits per heavy atom. The van der Waals surface area contributed by atoms with Gasteiger partial charge in [-0.1, -0.05) is 32.6 Å². The first kappa shape index (κ1) is 18.5. The maximum absolute atomic E-state index is 12.0. The average molecular weight is 330 g/mol. The van der Waals surface area contributed by atoms with Crippen LogP contribution in [0.5, 0.6) is 5.75 Å². The van der Waals surface area contributed by atoms with Gasteiger partial charge in [0.1, 0.15) is 5.75 Å². The van der Waals surface area contributed by atoms with Crippen molar-refractivity contribution in [2.24, 2.45) is 5.10 Å². The summed E-state index contributed by atoms with van der Waals surface area (Å²) in [6.45, 7) is 4.24. The van der Waals surface area contributed by atoms with Gasteiger partial charge in [0, 0.05) is 12.0 Å². The number of fused-ring (bicyclic) bond motifs is 1. The Morgan fingerprint density at radius 3 is 2.75 bits per heavy atom. The molecule has 1 amide bonds. The molecule has 132 valence electrons. The van der Waals surface area contributed by atoms with E-state index in [1.165, 1.54) is 24.8 Å². The smallest absolute Gasteiger partial charge is 0.240 e. The molecule has 0 fully saturated rings. The van der Waals surface area contributed by atoms with Crippen molar-refractivity contribution in [3.63, 3.8) is 0 Å². The number of aryl methyl sites for hydroxylation is 2. The van der Waals surface area contributed by atoms with E-state index in [9.17, 15) is 4.79 Å². The fraction of sp³-hybridized carbons (Fsp3) is 0.600. The van der Waals surface area contributed by atoms with Gasteiger partial charge < -0.3 is 4.74 Å². The van der Waals surface area contributed by atoms with E-state index in [-0.39, 0.29) is 5.91 Å². The minimum absolute atomic E-state index is 0.0244. The van der Waals surface area contributed by atoms with Crippen molar-refractivity contribution in [1.82, 2.24) is 5.43 Å². The number of hydrogen-bond donors (Lipinski definition) is 1. The van der Waals surface area contributed by atoms with Crippen LogP contribution < -0.4 is 10.2 Å². The maximum atomic E-state index is 12.0. The number of hydrogen-bond acceptors (Lipinski definition) is 3. The lowest BCUT2D eigenvalue weighted by atomic mass is 9.88. The molecule has 1 aromatic rings. The van der Waals surface area contributed by atoms with Crippen molar-refractivity contribution in [1.29, 1.82) is 0 Å². The summed E-state index contributed by atoms with van der Waals surface area (Å²) in [5.41, 5.74) is 7.26. The van der Waals surface area contributed by atoms with Crippen LogP contribution in [-0.2, 0) is 11.2 Å². The van der Waals surface area contributed by atoms with Crippen molar-refractivity contribution in [2.45, 2.75) is 71.6 Å². The lowest BCUT2D eigenvalue weighted by molar-refractivity contribution is -0.121. The summed E-state index contributed by atoms with van der Waals surface area (Å²) in [6.07, 6.45) is 9.34. The maximum Gasteiger partial charge on any atom is 0.240 e. The summed E-state index contributed by atoms with van der Waals surface area (Å²) >= 11 is 0. The predicted octanol–water partition coefficient (Wildman–Crippen LogP) is 4.52. The number of benzene rings is 1.